The van der Waals surface area contributed by atoms with Crippen molar-refractivity contribution in [2.75, 3.05) is 18.4 Å². The molecule has 0 bridgehead atoms. The Labute approximate surface area is 126 Å². The number of nitrogens with one attached hydrogen (secondary N) is 2. The number of aromatic nitrogens is 3. The number of anilines is 1. The van der Waals surface area contributed by atoms with E-state index in [-0.39, 0.29) is 5.91 Å². The quantitative estimate of drug-likeness (QED) is 0.845. The highest BCUT2D eigenvalue weighted by molar-refractivity contribution is 9.10. The Balaban J connectivity index is 1.82. The second kappa shape index (κ2) is 6.69. The summed E-state index contributed by atoms with van der Waals surface area (Å²) in [6.45, 7) is 5.36. The summed E-state index contributed by atoms with van der Waals surface area (Å²) in [5, 5.41) is 10.2. The molecule has 6 nitrogen and oxygen atoms in total. The maximum atomic E-state index is 11.6. The van der Waals surface area contributed by atoms with Crippen LogP contribution in [-0.4, -0.2) is 33.6 Å². The van der Waals surface area contributed by atoms with Gasteiger partial charge in [-0.15, -0.1) is 5.10 Å². The summed E-state index contributed by atoms with van der Waals surface area (Å²) in [6, 6.07) is 3.78. The molecular formula is C13H18BrN5O. The van der Waals surface area contributed by atoms with Gasteiger partial charge < -0.3 is 10.6 Å². The lowest BCUT2D eigenvalue weighted by Crippen LogP contribution is -2.28. The first-order valence-corrected chi connectivity index (χ1v) is 7.36. The van der Waals surface area contributed by atoms with Gasteiger partial charge in [0.25, 0.3) is 0 Å². The highest BCUT2D eigenvalue weighted by Gasteiger charge is 2.05. The van der Waals surface area contributed by atoms with Crippen LogP contribution in [0.15, 0.2) is 22.8 Å². The van der Waals surface area contributed by atoms with Gasteiger partial charge >= 0.3 is 0 Å². The average Bonchev–Trinajstić information content (AvgIpc) is 2.78. The maximum Gasteiger partial charge on any atom is 0.243 e. The van der Waals surface area contributed by atoms with Crippen LogP contribution in [0, 0.1) is 5.92 Å². The summed E-state index contributed by atoms with van der Waals surface area (Å²) in [6.07, 6.45) is 2.24. The van der Waals surface area contributed by atoms with Gasteiger partial charge in [-0.2, -0.15) is 4.98 Å². The lowest BCUT2D eigenvalue weighted by atomic mass is 10.2. The van der Waals surface area contributed by atoms with E-state index in [1.165, 1.54) is 0 Å². The minimum absolute atomic E-state index is 0.0395. The zero-order valence-electron chi connectivity index (χ0n) is 11.6. The summed E-state index contributed by atoms with van der Waals surface area (Å²) in [4.78, 5) is 15.9. The largest absolute Gasteiger partial charge is 0.356 e. The summed E-state index contributed by atoms with van der Waals surface area (Å²) in [5.74, 6) is 1.03. The smallest absolute Gasteiger partial charge is 0.243 e. The number of hydrogen-bond acceptors (Lipinski definition) is 4. The lowest BCUT2D eigenvalue weighted by molar-refractivity contribution is -0.120. The molecule has 0 saturated carbocycles. The third-order valence-electron chi connectivity index (χ3n) is 2.64. The molecule has 0 radical (unpaired) electrons. The van der Waals surface area contributed by atoms with E-state index in [9.17, 15) is 4.79 Å². The van der Waals surface area contributed by atoms with Crippen LogP contribution in [0.4, 0.5) is 5.95 Å². The molecule has 0 aromatic carbocycles. The van der Waals surface area contributed by atoms with E-state index in [1.54, 1.807) is 4.52 Å². The Morgan fingerprint density at radius 1 is 1.45 bits per heavy atom. The first-order valence-electron chi connectivity index (χ1n) is 6.57. The van der Waals surface area contributed by atoms with Crippen LogP contribution in [0.5, 0.6) is 0 Å². The molecule has 20 heavy (non-hydrogen) atoms. The van der Waals surface area contributed by atoms with Crippen molar-refractivity contribution >= 4 is 33.4 Å². The Bertz CT molecular complexity index is 595. The Hall–Kier alpha value is -1.63. The van der Waals surface area contributed by atoms with E-state index < -0.39 is 0 Å². The van der Waals surface area contributed by atoms with Gasteiger partial charge in [-0.3, -0.25) is 4.79 Å². The summed E-state index contributed by atoms with van der Waals surface area (Å²) in [5.41, 5.74) is 0.764. The normalized spacial score (nSPS) is 11.0. The molecular weight excluding hydrogens is 322 g/mol. The third kappa shape index (κ3) is 4.19. The van der Waals surface area contributed by atoms with Crippen molar-refractivity contribution in [3.05, 3.63) is 22.8 Å². The van der Waals surface area contributed by atoms with Crippen LogP contribution < -0.4 is 10.6 Å². The molecule has 0 aliphatic heterocycles. The van der Waals surface area contributed by atoms with E-state index in [0.29, 0.717) is 31.4 Å². The number of carbonyl (C=O) groups excluding carboxylic acids is 1. The topological polar surface area (TPSA) is 71.3 Å². The fraction of sp³-hybridized carbons (Fsp3) is 0.462. The second-order valence-corrected chi connectivity index (χ2v) is 5.88. The first-order chi connectivity index (χ1) is 9.54. The first kappa shape index (κ1) is 14.8. The fourth-order valence-electron chi connectivity index (χ4n) is 1.63. The second-order valence-electron chi connectivity index (χ2n) is 4.96. The molecule has 2 aromatic rings. The van der Waals surface area contributed by atoms with Crippen LogP contribution >= 0.6 is 15.9 Å². The predicted molar refractivity (Wildman–Crippen MR) is 81.6 cm³/mol. The third-order valence-corrected chi connectivity index (χ3v) is 3.11. The molecule has 0 fully saturated rings. The Kier molecular flexibility index (Phi) is 4.94. The van der Waals surface area contributed by atoms with Crippen LogP contribution in [0.3, 0.4) is 0 Å². The zero-order chi connectivity index (χ0) is 14.5. The number of pyridine rings is 1. The van der Waals surface area contributed by atoms with Crippen LogP contribution in [-0.2, 0) is 4.79 Å². The fourth-order valence-corrected chi connectivity index (χ4v) is 1.95. The molecule has 7 heteroatoms. The van der Waals surface area contributed by atoms with Crippen molar-refractivity contribution in [3.8, 4) is 0 Å². The average molecular weight is 340 g/mol. The van der Waals surface area contributed by atoms with E-state index in [2.05, 4.69) is 50.5 Å². The van der Waals surface area contributed by atoms with E-state index in [4.69, 9.17) is 0 Å². The standard InChI is InChI=1S/C13H18BrN5O/c1-9(2)7-16-12(20)5-6-15-13-17-11-4-3-10(14)8-19(11)18-13/h3-4,8-9H,5-7H2,1-2H3,(H,15,18)(H,16,20). The van der Waals surface area contributed by atoms with Crippen LogP contribution in [0.1, 0.15) is 20.3 Å². The van der Waals surface area contributed by atoms with E-state index in [1.807, 2.05) is 18.3 Å². The summed E-state index contributed by atoms with van der Waals surface area (Å²) >= 11 is 3.38. The van der Waals surface area contributed by atoms with Crippen LogP contribution in [0.25, 0.3) is 5.65 Å². The monoisotopic (exact) mass is 339 g/mol. The molecule has 0 atom stereocenters. The highest BCUT2D eigenvalue weighted by Crippen LogP contribution is 2.11. The van der Waals surface area contributed by atoms with Crippen LogP contribution in [0.2, 0.25) is 0 Å². The predicted octanol–water partition coefficient (Wildman–Crippen LogP) is 2.07. The van der Waals surface area contributed by atoms with Gasteiger partial charge in [-0.05, 0) is 34.0 Å². The lowest BCUT2D eigenvalue weighted by Gasteiger charge is -2.07. The number of hydrogen-bond donors (Lipinski definition) is 2. The summed E-state index contributed by atoms with van der Waals surface area (Å²) in [7, 11) is 0. The Morgan fingerprint density at radius 3 is 3.00 bits per heavy atom. The number of rotatable bonds is 6. The van der Waals surface area contributed by atoms with Gasteiger partial charge in [0.15, 0.2) is 5.65 Å². The van der Waals surface area contributed by atoms with Crippen molar-refractivity contribution in [1.82, 2.24) is 19.9 Å². The van der Waals surface area contributed by atoms with E-state index >= 15 is 0 Å². The molecule has 0 aliphatic rings. The number of carbonyl (C=O) groups is 1. The number of halogens is 1. The number of amides is 1. The molecule has 2 rings (SSSR count). The van der Waals surface area contributed by atoms with Crippen molar-refractivity contribution in [3.63, 3.8) is 0 Å². The van der Waals surface area contributed by atoms with E-state index in [0.717, 1.165) is 10.1 Å². The minimum atomic E-state index is 0.0395. The molecule has 2 aromatic heterocycles. The molecule has 0 aliphatic carbocycles. The molecule has 2 N–H and O–H groups in total. The van der Waals surface area contributed by atoms with Gasteiger partial charge in [0.1, 0.15) is 0 Å². The van der Waals surface area contributed by atoms with Gasteiger partial charge in [-0.1, -0.05) is 13.8 Å². The van der Waals surface area contributed by atoms with Crippen molar-refractivity contribution in [2.24, 2.45) is 5.92 Å². The minimum Gasteiger partial charge on any atom is -0.356 e. The Morgan fingerprint density at radius 2 is 2.25 bits per heavy atom. The van der Waals surface area contributed by atoms with Gasteiger partial charge in [0, 0.05) is 30.2 Å². The molecule has 1 amide bonds. The van der Waals surface area contributed by atoms with Crippen molar-refractivity contribution in [2.45, 2.75) is 20.3 Å². The maximum absolute atomic E-state index is 11.6. The highest BCUT2D eigenvalue weighted by atomic mass is 79.9. The van der Waals surface area contributed by atoms with Gasteiger partial charge in [0.05, 0.1) is 0 Å². The molecule has 0 spiro atoms. The van der Waals surface area contributed by atoms with Gasteiger partial charge in [0.2, 0.25) is 11.9 Å². The van der Waals surface area contributed by atoms with Crippen molar-refractivity contribution in [1.29, 1.82) is 0 Å². The molecule has 108 valence electrons. The molecule has 2 heterocycles. The SMILES string of the molecule is CC(C)CNC(=O)CCNc1nc2ccc(Br)cn2n1. The number of nitrogens with zero attached hydrogens (tertiary/aromatic N) is 3. The van der Waals surface area contributed by atoms with Crippen molar-refractivity contribution < 1.29 is 4.79 Å². The molecule has 0 saturated heterocycles. The van der Waals surface area contributed by atoms with Gasteiger partial charge in [-0.25, -0.2) is 4.52 Å². The molecule has 0 unspecified atom stereocenters. The number of fused-ring (bicyclic) bond motifs is 1. The summed E-state index contributed by atoms with van der Waals surface area (Å²) < 4.78 is 2.63. The zero-order valence-corrected chi connectivity index (χ0v) is 13.1.